The van der Waals surface area contributed by atoms with Gasteiger partial charge in [-0.2, -0.15) is 0 Å². The molecule has 2 nitrogen and oxygen atoms in total. The maximum Gasteiger partial charge on any atom is 0.119 e. The van der Waals surface area contributed by atoms with Crippen LogP contribution in [0.15, 0.2) is 30.3 Å². The fourth-order valence-electron chi connectivity index (χ4n) is 1.71. The first kappa shape index (κ1) is 9.53. The number of ether oxygens (including phenoxy) is 1. The van der Waals surface area contributed by atoms with E-state index in [4.69, 9.17) is 10.5 Å². The van der Waals surface area contributed by atoms with Gasteiger partial charge in [0.2, 0.25) is 0 Å². The molecular weight excluding hydrogens is 174 g/mol. The molecule has 0 unspecified atom stereocenters. The molecule has 1 saturated carbocycles. The van der Waals surface area contributed by atoms with Crippen LogP contribution in [0.2, 0.25) is 0 Å². The molecule has 2 heteroatoms. The molecule has 0 saturated heterocycles. The third-order valence-electron chi connectivity index (χ3n) is 2.94. The molecular formula is C12H17NO. The van der Waals surface area contributed by atoms with Gasteiger partial charge in [-0.25, -0.2) is 0 Å². The number of hydrogen-bond donors (Lipinski definition) is 1. The van der Waals surface area contributed by atoms with Gasteiger partial charge in [0.15, 0.2) is 0 Å². The zero-order chi connectivity index (χ0) is 9.80. The minimum Gasteiger partial charge on any atom is -0.492 e. The first-order valence-electron chi connectivity index (χ1n) is 5.29. The fraction of sp³-hybridized carbons (Fsp3) is 0.500. The Bertz CT molecular complexity index is 269. The van der Waals surface area contributed by atoms with Gasteiger partial charge in [-0.3, -0.25) is 0 Å². The van der Waals surface area contributed by atoms with E-state index in [1.165, 1.54) is 19.3 Å². The van der Waals surface area contributed by atoms with Crippen molar-refractivity contribution in [3.05, 3.63) is 30.3 Å². The molecule has 0 heterocycles. The van der Waals surface area contributed by atoms with Gasteiger partial charge in [0.1, 0.15) is 12.4 Å². The van der Waals surface area contributed by atoms with E-state index in [-0.39, 0.29) is 6.04 Å². The molecule has 1 aromatic carbocycles. The topological polar surface area (TPSA) is 35.2 Å². The lowest BCUT2D eigenvalue weighted by molar-refractivity contribution is 0.189. The Kier molecular flexibility index (Phi) is 3.04. The van der Waals surface area contributed by atoms with Gasteiger partial charge in [0, 0.05) is 6.04 Å². The van der Waals surface area contributed by atoms with Gasteiger partial charge >= 0.3 is 0 Å². The normalized spacial score (nSPS) is 18.6. The van der Waals surface area contributed by atoms with E-state index in [0.717, 1.165) is 5.75 Å². The molecule has 1 aromatic rings. The van der Waals surface area contributed by atoms with E-state index in [9.17, 15) is 0 Å². The van der Waals surface area contributed by atoms with Crippen LogP contribution in [0.3, 0.4) is 0 Å². The number of para-hydroxylation sites is 1. The predicted octanol–water partition coefficient (Wildman–Crippen LogP) is 2.19. The first-order valence-corrected chi connectivity index (χ1v) is 5.29. The minimum absolute atomic E-state index is 0.212. The average Bonchev–Trinajstić information content (AvgIpc) is 2.14. The van der Waals surface area contributed by atoms with Crippen LogP contribution in [0, 0.1) is 5.92 Å². The minimum atomic E-state index is 0.212. The first-order chi connectivity index (χ1) is 6.86. The summed E-state index contributed by atoms with van der Waals surface area (Å²) < 4.78 is 5.60. The Hall–Kier alpha value is -1.02. The number of hydrogen-bond acceptors (Lipinski definition) is 2. The van der Waals surface area contributed by atoms with Gasteiger partial charge in [0.25, 0.3) is 0 Å². The molecule has 76 valence electrons. The summed E-state index contributed by atoms with van der Waals surface area (Å²) in [6.45, 7) is 0.648. The molecule has 0 radical (unpaired) electrons. The monoisotopic (exact) mass is 191 g/mol. The summed E-state index contributed by atoms with van der Waals surface area (Å²) >= 11 is 0. The molecule has 0 spiro atoms. The summed E-state index contributed by atoms with van der Waals surface area (Å²) in [6.07, 6.45) is 3.89. The second-order valence-corrected chi connectivity index (χ2v) is 3.98. The average molecular weight is 191 g/mol. The summed E-state index contributed by atoms with van der Waals surface area (Å²) in [7, 11) is 0. The molecule has 1 aliphatic rings. The highest BCUT2D eigenvalue weighted by atomic mass is 16.5. The van der Waals surface area contributed by atoms with Crippen molar-refractivity contribution in [2.75, 3.05) is 6.61 Å². The van der Waals surface area contributed by atoms with Gasteiger partial charge in [-0.05, 0) is 30.9 Å². The van der Waals surface area contributed by atoms with Gasteiger partial charge in [0.05, 0.1) is 0 Å². The molecule has 0 aliphatic heterocycles. The van der Waals surface area contributed by atoms with Crippen LogP contribution in [-0.4, -0.2) is 12.6 Å². The van der Waals surface area contributed by atoms with E-state index in [2.05, 4.69) is 0 Å². The fourth-order valence-corrected chi connectivity index (χ4v) is 1.71. The van der Waals surface area contributed by atoms with Crippen LogP contribution in [0.4, 0.5) is 0 Å². The highest BCUT2D eigenvalue weighted by Gasteiger charge is 2.24. The smallest absolute Gasteiger partial charge is 0.119 e. The largest absolute Gasteiger partial charge is 0.492 e. The van der Waals surface area contributed by atoms with Crippen molar-refractivity contribution in [2.24, 2.45) is 11.7 Å². The van der Waals surface area contributed by atoms with Gasteiger partial charge < -0.3 is 10.5 Å². The Morgan fingerprint density at radius 2 is 2.00 bits per heavy atom. The van der Waals surface area contributed by atoms with Crippen LogP contribution in [-0.2, 0) is 0 Å². The van der Waals surface area contributed by atoms with E-state index < -0.39 is 0 Å². The zero-order valence-corrected chi connectivity index (χ0v) is 8.36. The quantitative estimate of drug-likeness (QED) is 0.791. The third kappa shape index (κ3) is 2.26. The Labute approximate surface area is 85.1 Å². The number of rotatable bonds is 4. The molecule has 2 rings (SSSR count). The summed E-state index contributed by atoms with van der Waals surface area (Å²) in [5.41, 5.74) is 6.00. The maximum absolute atomic E-state index is 6.00. The molecule has 2 N–H and O–H groups in total. The highest BCUT2D eigenvalue weighted by molar-refractivity contribution is 5.20. The third-order valence-corrected chi connectivity index (χ3v) is 2.94. The number of benzene rings is 1. The van der Waals surface area contributed by atoms with Crippen molar-refractivity contribution in [1.29, 1.82) is 0 Å². The van der Waals surface area contributed by atoms with Crippen LogP contribution < -0.4 is 10.5 Å². The van der Waals surface area contributed by atoms with Crippen molar-refractivity contribution in [3.63, 3.8) is 0 Å². The van der Waals surface area contributed by atoms with Crippen molar-refractivity contribution in [1.82, 2.24) is 0 Å². The van der Waals surface area contributed by atoms with E-state index >= 15 is 0 Å². The maximum atomic E-state index is 6.00. The molecule has 1 fully saturated rings. The lowest BCUT2D eigenvalue weighted by atomic mass is 9.80. The molecule has 0 amide bonds. The summed E-state index contributed by atoms with van der Waals surface area (Å²) in [4.78, 5) is 0. The second kappa shape index (κ2) is 4.47. The summed E-state index contributed by atoms with van der Waals surface area (Å²) in [5.74, 6) is 1.61. The van der Waals surface area contributed by atoms with E-state index in [0.29, 0.717) is 12.5 Å². The van der Waals surface area contributed by atoms with E-state index in [1.807, 2.05) is 30.3 Å². The SMILES string of the molecule is N[C@@H](COc1ccccc1)C1CCC1. The van der Waals surface area contributed by atoms with Crippen molar-refractivity contribution >= 4 is 0 Å². The van der Waals surface area contributed by atoms with Crippen molar-refractivity contribution in [2.45, 2.75) is 25.3 Å². The lowest BCUT2D eigenvalue weighted by Gasteiger charge is -2.30. The van der Waals surface area contributed by atoms with Crippen molar-refractivity contribution in [3.8, 4) is 5.75 Å². The van der Waals surface area contributed by atoms with Crippen LogP contribution in [0.1, 0.15) is 19.3 Å². The summed E-state index contributed by atoms with van der Waals surface area (Å²) in [5, 5.41) is 0. The predicted molar refractivity (Wildman–Crippen MR) is 57.3 cm³/mol. The molecule has 14 heavy (non-hydrogen) atoms. The van der Waals surface area contributed by atoms with Gasteiger partial charge in [-0.1, -0.05) is 24.6 Å². The Morgan fingerprint density at radius 1 is 1.29 bits per heavy atom. The van der Waals surface area contributed by atoms with Crippen LogP contribution in [0.25, 0.3) is 0 Å². The second-order valence-electron chi connectivity index (χ2n) is 3.98. The number of nitrogens with two attached hydrogens (primary N) is 1. The molecule has 1 aliphatic carbocycles. The van der Waals surface area contributed by atoms with Gasteiger partial charge in [-0.15, -0.1) is 0 Å². The summed E-state index contributed by atoms with van der Waals surface area (Å²) in [6, 6.07) is 10.1. The Balaban J connectivity index is 1.76. The highest BCUT2D eigenvalue weighted by Crippen LogP contribution is 2.28. The van der Waals surface area contributed by atoms with Crippen LogP contribution in [0.5, 0.6) is 5.75 Å². The molecule has 0 aromatic heterocycles. The Morgan fingerprint density at radius 3 is 2.57 bits per heavy atom. The zero-order valence-electron chi connectivity index (χ0n) is 8.36. The standard InChI is InChI=1S/C12H17NO/c13-12(10-5-4-6-10)9-14-11-7-2-1-3-8-11/h1-3,7-8,10,12H,4-6,9,13H2/t12-/m0/s1. The van der Waals surface area contributed by atoms with Crippen LogP contribution >= 0.6 is 0 Å². The lowest BCUT2D eigenvalue weighted by Crippen LogP contribution is -2.39. The molecule has 1 atom stereocenters. The van der Waals surface area contributed by atoms with Crippen molar-refractivity contribution < 1.29 is 4.74 Å². The molecule has 0 bridgehead atoms. The van der Waals surface area contributed by atoms with E-state index in [1.54, 1.807) is 0 Å².